The lowest BCUT2D eigenvalue weighted by Gasteiger charge is -2.20. The van der Waals surface area contributed by atoms with Crippen molar-refractivity contribution in [1.82, 2.24) is 0 Å². The minimum atomic E-state index is -1.10. The van der Waals surface area contributed by atoms with E-state index >= 15 is 0 Å². The third-order valence-corrected chi connectivity index (χ3v) is 21.8. The first kappa shape index (κ1) is 101. The van der Waals surface area contributed by atoms with Crippen molar-refractivity contribution in [3.8, 4) is 0 Å². The van der Waals surface area contributed by atoms with Crippen LogP contribution >= 0.6 is 0 Å². The summed E-state index contributed by atoms with van der Waals surface area (Å²) < 4.78 is 24.2. The van der Waals surface area contributed by atoms with E-state index in [0.717, 1.165) is 157 Å². The number of rotatable bonds is 15. The van der Waals surface area contributed by atoms with E-state index in [1.165, 1.54) is 0 Å². The fourth-order valence-electron chi connectivity index (χ4n) is 15.9. The molecule has 0 saturated carbocycles. The molecule has 20 heteroatoms. The van der Waals surface area contributed by atoms with Crippen LogP contribution in [0.15, 0.2) is 318 Å². The number of carbonyl (C=O) groups is 6. The highest BCUT2D eigenvalue weighted by Gasteiger charge is 2.29. The number of carboxylic acid groups (broad SMARTS) is 2. The van der Waals surface area contributed by atoms with Gasteiger partial charge in [0.15, 0.2) is 0 Å². The largest absolute Gasteiger partial charge is 0.479 e. The van der Waals surface area contributed by atoms with Crippen LogP contribution < -0.4 is 0 Å². The van der Waals surface area contributed by atoms with Gasteiger partial charge in [-0.1, -0.05) is 316 Å². The Balaban J connectivity index is 0.000000184. The second-order valence-corrected chi connectivity index (χ2v) is 33.0. The number of benzene rings is 9. The Morgan fingerprint density at radius 3 is 0.789 bits per heavy atom. The van der Waals surface area contributed by atoms with Gasteiger partial charge in [-0.05, 0) is 210 Å². The monoisotopic (exact) mass is 1790 g/mol. The quantitative estimate of drug-likeness (QED) is 0.0418. The Morgan fingerprint density at radius 1 is 0.308 bits per heavy atom. The number of ether oxygens (including phenoxy) is 4. The van der Waals surface area contributed by atoms with Crippen LogP contribution in [0.4, 0.5) is 0 Å². The third-order valence-electron chi connectivity index (χ3n) is 21.8. The molecule has 4 atom stereocenters. The summed E-state index contributed by atoms with van der Waals surface area (Å²) >= 11 is 0. The normalized spacial score (nSPS) is 20.0. The summed E-state index contributed by atoms with van der Waals surface area (Å²) in [7, 11) is 0. The van der Waals surface area contributed by atoms with E-state index in [2.05, 4.69) is 69.2 Å². The van der Waals surface area contributed by atoms with Gasteiger partial charge in [-0.25, -0.2) is 28.8 Å². The molecule has 0 unspecified atom stereocenters. The molecule has 2 N–H and O–H groups in total. The van der Waals surface area contributed by atoms with Crippen LogP contribution in [0, 0.1) is 55.4 Å². The SMILES string of the molecule is CCON=C1C=CCC/C=C/C[C@H](c2ccccc2)OC(=O)c2c(C)cc(C)cc2C1.Cc1cc(C)c2c(c1)CC(=NOCC(=O)O)/C=C/CC/C=C/C[C@@H](c1ccccc1)OC2=O.Cc1cc(C)c2c(c1)CC(=NOCC(=O)O)/C=C/CC/C=C/C[C@H](c1ccccc1)OC2=O.Cc1cc(C)c2c(c1)CC(=NOCc1ccccc1)/C=C/CC/C=C/C[C@H](c1ccccc1)OC2=O. The minimum Gasteiger partial charge on any atom is -0.479 e. The van der Waals surface area contributed by atoms with Crippen LogP contribution in [0.3, 0.4) is 0 Å². The molecule has 0 bridgehead atoms. The molecule has 133 heavy (non-hydrogen) atoms. The predicted octanol–water partition coefficient (Wildman–Crippen LogP) is 25.0. The summed E-state index contributed by atoms with van der Waals surface area (Å²) in [6.07, 6.45) is 42.0. The van der Waals surface area contributed by atoms with Crippen molar-refractivity contribution in [3.63, 3.8) is 0 Å². The van der Waals surface area contributed by atoms with Crippen molar-refractivity contribution in [2.24, 2.45) is 20.6 Å². The van der Waals surface area contributed by atoms with E-state index in [1.807, 2.05) is 311 Å². The lowest BCUT2D eigenvalue weighted by Crippen LogP contribution is -2.17. The smallest absolute Gasteiger partial charge is 0.344 e. The number of carbonyl (C=O) groups excluding carboxylic acids is 4. The topological polar surface area (TPSA) is 266 Å². The number of cyclic esters (lactones) is 4. The average molecular weight is 1790 g/mol. The predicted molar refractivity (Wildman–Crippen MR) is 525 cm³/mol. The summed E-state index contributed by atoms with van der Waals surface area (Å²) in [6.45, 7) is 17.5. The molecule has 4 heterocycles. The van der Waals surface area contributed by atoms with Gasteiger partial charge >= 0.3 is 35.8 Å². The van der Waals surface area contributed by atoms with Crippen molar-refractivity contribution < 1.29 is 77.3 Å². The summed E-state index contributed by atoms with van der Waals surface area (Å²) in [5.74, 6) is -3.59. The number of oxime groups is 4. The van der Waals surface area contributed by atoms with Gasteiger partial charge in [-0.15, -0.1) is 0 Å². The molecule has 0 aromatic heterocycles. The van der Waals surface area contributed by atoms with Gasteiger partial charge in [0.1, 0.15) is 37.6 Å². The van der Waals surface area contributed by atoms with Gasteiger partial charge < -0.3 is 48.5 Å². The molecule has 20 nitrogen and oxygen atoms in total. The van der Waals surface area contributed by atoms with Crippen LogP contribution in [-0.4, -0.2) is 88.7 Å². The first-order valence-electron chi connectivity index (χ1n) is 45.5. The minimum absolute atomic E-state index is 0.299. The summed E-state index contributed by atoms with van der Waals surface area (Å²) in [6, 6.07) is 65.2. The molecule has 9 aromatic rings. The fraction of sp³-hybridized carbons (Fsp3) is 0.292. The number of allylic oxidation sites excluding steroid dienone is 12. The van der Waals surface area contributed by atoms with Crippen molar-refractivity contribution in [2.75, 3.05) is 19.8 Å². The van der Waals surface area contributed by atoms with E-state index in [-0.39, 0.29) is 24.1 Å². The molecule has 0 fully saturated rings. The Morgan fingerprint density at radius 2 is 0.541 bits per heavy atom. The molecular formula is C113H122N4O16. The first-order chi connectivity index (χ1) is 64.5. The van der Waals surface area contributed by atoms with Crippen LogP contribution in [0.2, 0.25) is 0 Å². The summed E-state index contributed by atoms with van der Waals surface area (Å²) in [5, 5.41) is 34.5. The molecule has 0 aliphatic carbocycles. The number of aliphatic carboxylic acids is 2. The number of fused-ring (bicyclic) bond motifs is 4. The maximum Gasteiger partial charge on any atom is 0.344 e. The van der Waals surface area contributed by atoms with Crippen LogP contribution in [0.5, 0.6) is 0 Å². The van der Waals surface area contributed by atoms with E-state index < -0.39 is 49.3 Å². The van der Waals surface area contributed by atoms with Crippen molar-refractivity contribution in [2.45, 2.75) is 196 Å². The van der Waals surface area contributed by atoms with Crippen molar-refractivity contribution >= 4 is 58.7 Å². The van der Waals surface area contributed by atoms with Gasteiger partial charge in [-0.2, -0.15) is 0 Å². The third kappa shape index (κ3) is 33.8. The van der Waals surface area contributed by atoms with Gasteiger partial charge in [0.25, 0.3) is 0 Å². The second-order valence-electron chi connectivity index (χ2n) is 33.0. The molecule has 690 valence electrons. The highest BCUT2D eigenvalue weighted by atomic mass is 16.6. The molecular weight excluding hydrogens is 1670 g/mol. The number of hydrogen-bond acceptors (Lipinski definition) is 18. The van der Waals surface area contributed by atoms with E-state index in [4.69, 9.17) is 48.5 Å². The summed E-state index contributed by atoms with van der Waals surface area (Å²) in [5.41, 5.74) is 20.8. The highest BCUT2D eigenvalue weighted by Crippen LogP contribution is 2.34. The molecule has 0 spiro atoms. The zero-order chi connectivity index (χ0) is 94.5. The Bertz CT molecular complexity index is 5590. The van der Waals surface area contributed by atoms with Crippen LogP contribution in [0.25, 0.3) is 0 Å². The fourth-order valence-corrected chi connectivity index (χ4v) is 15.9. The lowest BCUT2D eigenvalue weighted by atomic mass is 9.94. The Hall–Kier alpha value is -14.4. The standard InChI is InChI=1S/C32H33NO3.2C27H29NO5.C27H31NO3/c1-24-20-25(2)31-28(21-24)22-29(33-35-23-26-14-8-6-9-15-26)18-12-4-3-5-13-19-30(36-32(31)34)27-16-10-7-11-17-27;2*1-19-15-20(2)26-22(16-19)17-23(28-32-18-25(29)30)13-9-4-3-5-10-14-24(33-27(26)31)21-11-7-6-8-12-21;1-4-30-28-24-15-11-6-5-7-12-16-25(22-13-9-8-10-14-22)31-27(29)26-21(3)17-20(2)18-23(26)19-24/h5-18,20-21,30H,3-4,19,22-23H2,1-2H3;2*5-13,15-16,24H,3-4,14,17-18H2,1-2H3,(H,29,30);7-15,17-18,25H,4-6,16,19H2,1-3H3/b13-5+,18-12+,33-29?;2*10-5+,13-9+,28-23?;12-7+,15-11?,28-24?/t30-;2*24-;25-/m1101/s1. The summed E-state index contributed by atoms with van der Waals surface area (Å²) in [4.78, 5) is 96.4. The van der Waals surface area contributed by atoms with E-state index in [9.17, 15) is 28.8 Å². The molecule has 13 rings (SSSR count). The molecule has 4 aliphatic rings. The van der Waals surface area contributed by atoms with Gasteiger partial charge in [0.2, 0.25) is 13.2 Å². The van der Waals surface area contributed by atoms with Crippen molar-refractivity contribution in [1.29, 1.82) is 0 Å². The second kappa shape index (κ2) is 54.3. The number of hydrogen-bond donors (Lipinski definition) is 2. The Labute approximate surface area is 782 Å². The van der Waals surface area contributed by atoms with Crippen molar-refractivity contribution in [3.05, 3.63) is 414 Å². The van der Waals surface area contributed by atoms with Crippen LogP contribution in [0.1, 0.15) is 244 Å². The van der Waals surface area contributed by atoms with Gasteiger partial charge in [0, 0.05) is 51.4 Å². The molecule has 9 aromatic carbocycles. The van der Waals surface area contributed by atoms with Gasteiger partial charge in [-0.3, -0.25) is 0 Å². The Kier molecular flexibility index (Phi) is 41.1. The average Bonchev–Trinajstić information content (AvgIpc) is 0.820. The zero-order valence-electron chi connectivity index (χ0n) is 77.6. The first-order valence-corrected chi connectivity index (χ1v) is 45.5. The van der Waals surface area contributed by atoms with Crippen LogP contribution in [-0.2, 0) is 80.2 Å². The highest BCUT2D eigenvalue weighted by molar-refractivity contribution is 6.03. The molecule has 4 aliphatic heterocycles. The molecule has 0 radical (unpaired) electrons. The molecule has 0 amide bonds. The zero-order valence-corrected chi connectivity index (χ0v) is 77.6. The van der Waals surface area contributed by atoms with E-state index in [0.29, 0.717) is 98.3 Å². The maximum atomic E-state index is 13.6. The maximum absolute atomic E-state index is 13.6. The van der Waals surface area contributed by atoms with Gasteiger partial charge in [0.05, 0.1) is 45.1 Å². The number of aryl methyl sites for hydroxylation is 8. The number of nitrogens with zero attached hydrogens (tertiary/aromatic N) is 4. The number of carboxylic acids is 2. The molecule has 0 saturated heterocycles. The number of esters is 4. The lowest BCUT2D eigenvalue weighted by molar-refractivity contribution is -0.143. The van der Waals surface area contributed by atoms with E-state index in [1.54, 1.807) is 0 Å².